The Labute approximate surface area is 207 Å². The van der Waals surface area contributed by atoms with Crippen LogP contribution >= 0.6 is 39.0 Å². The number of hydrogen-bond acceptors (Lipinski definition) is 0. The minimum atomic E-state index is -0.998. The van der Waals surface area contributed by atoms with Gasteiger partial charge in [-0.3, -0.25) is 0 Å². The van der Waals surface area contributed by atoms with E-state index in [0.29, 0.717) is 0 Å². The topological polar surface area (TPSA) is 0 Å². The molecule has 159 valence electrons. The fraction of sp³-hybridized carbons (Fsp3) is 0.0769. The predicted molar refractivity (Wildman–Crippen MR) is 136 cm³/mol. The summed E-state index contributed by atoms with van der Waals surface area (Å²) in [5.41, 5.74) is 0. The zero-order valence-electron chi connectivity index (χ0n) is 16.6. The van der Waals surface area contributed by atoms with Crippen molar-refractivity contribution in [2.45, 2.75) is 8.21 Å². The van der Waals surface area contributed by atoms with Crippen LogP contribution in [0, 0.1) is 0 Å². The molecule has 0 amide bonds. The summed E-state index contributed by atoms with van der Waals surface area (Å²) in [5.74, 6) is 0. The Bertz CT molecular complexity index is 915. The van der Waals surface area contributed by atoms with E-state index in [1.165, 1.54) is 21.2 Å². The molecule has 0 fully saturated rings. The van der Waals surface area contributed by atoms with Crippen molar-refractivity contribution in [1.82, 2.24) is 0 Å². The van der Waals surface area contributed by atoms with Crippen LogP contribution in [0.15, 0.2) is 121 Å². The molecule has 0 aliphatic rings. The monoisotopic (exact) mass is 571 g/mol. The third-order valence-electron chi connectivity index (χ3n) is 4.94. The molecule has 4 rings (SSSR count). The van der Waals surface area contributed by atoms with Crippen LogP contribution < -0.4 is 21.2 Å². The molecule has 0 aliphatic heterocycles. The van der Waals surface area contributed by atoms with Gasteiger partial charge in [0.05, 0.1) is 0 Å². The molecule has 5 heteroatoms. The third-order valence-corrected chi connectivity index (χ3v) is 14.7. The first kappa shape index (κ1) is 23.2. The Morgan fingerprint density at radius 1 is 0.516 bits per heavy atom. The molecule has 1 unspecified atom stereocenters. The molecule has 0 nitrogen and oxygen atoms in total. The van der Waals surface area contributed by atoms with Gasteiger partial charge in [0, 0.05) is 0 Å². The minimum absolute atomic E-state index is 0.407. The number of rotatable bonds is 7. The van der Waals surface area contributed by atoms with Gasteiger partial charge in [0.25, 0.3) is 0 Å². The van der Waals surface area contributed by atoms with Gasteiger partial charge in [-0.25, -0.2) is 0 Å². The summed E-state index contributed by atoms with van der Waals surface area (Å²) in [7, 11) is -2.00. The van der Waals surface area contributed by atoms with Crippen LogP contribution in [0.1, 0.15) is 0 Å². The first-order chi connectivity index (χ1) is 15.1. The SMILES string of the molecule is Cl[CH]([Pd])C(Cl)(P(c1ccccc1)c1ccccc1)P(c1ccccc1)c1ccccc1. The summed E-state index contributed by atoms with van der Waals surface area (Å²) < 4.78 is -1.16. The second-order valence-corrected chi connectivity index (χ2v) is 15.0. The van der Waals surface area contributed by atoms with E-state index < -0.39 is 24.0 Å². The Morgan fingerprint density at radius 3 is 0.935 bits per heavy atom. The van der Waals surface area contributed by atoms with E-state index in [-0.39, 0.29) is 0 Å². The van der Waals surface area contributed by atoms with Crippen LogP contribution in [0.4, 0.5) is 0 Å². The fourth-order valence-electron chi connectivity index (χ4n) is 3.61. The van der Waals surface area contributed by atoms with Gasteiger partial charge in [0.2, 0.25) is 0 Å². The zero-order valence-corrected chi connectivity index (χ0v) is 21.4. The number of halogens is 2. The first-order valence-corrected chi connectivity index (χ1v) is 14.3. The molecule has 0 aliphatic carbocycles. The van der Waals surface area contributed by atoms with Crippen LogP contribution in [-0.2, 0) is 19.2 Å². The summed E-state index contributed by atoms with van der Waals surface area (Å²) in [6.45, 7) is 0. The molecule has 4 aromatic carbocycles. The van der Waals surface area contributed by atoms with Gasteiger partial charge < -0.3 is 0 Å². The normalized spacial score (nSPS) is 12.8. The van der Waals surface area contributed by atoms with Gasteiger partial charge in [-0.05, 0) is 0 Å². The third kappa shape index (κ3) is 5.00. The standard InChI is InChI=1S/C26H21Cl2P2.Pd/c27-21-26(28,29(22-13-5-1-6-14-22)23-15-7-2-8-16-23)30(24-17-9-3-10-18-24)25-19-11-4-12-20-25;/h1-21H;. The summed E-state index contributed by atoms with van der Waals surface area (Å²) in [4.78, 5) is 0. The molecule has 31 heavy (non-hydrogen) atoms. The summed E-state index contributed by atoms with van der Waals surface area (Å²) >= 11 is 18.3. The number of benzene rings is 4. The van der Waals surface area contributed by atoms with Crippen molar-refractivity contribution in [2.75, 3.05) is 0 Å². The molecule has 4 aromatic rings. The average Bonchev–Trinajstić information content (AvgIpc) is 2.82. The van der Waals surface area contributed by atoms with Crippen LogP contribution in [-0.4, -0.2) is 8.21 Å². The van der Waals surface area contributed by atoms with E-state index in [4.69, 9.17) is 23.2 Å². The van der Waals surface area contributed by atoms with E-state index in [9.17, 15) is 0 Å². The average molecular weight is 573 g/mol. The molecular weight excluding hydrogens is 552 g/mol. The Morgan fingerprint density at radius 2 is 0.742 bits per heavy atom. The van der Waals surface area contributed by atoms with Crippen LogP contribution in [0.2, 0.25) is 0 Å². The Balaban J connectivity index is 2.00. The van der Waals surface area contributed by atoms with Crippen molar-refractivity contribution >= 4 is 60.3 Å². The molecule has 0 saturated heterocycles. The van der Waals surface area contributed by atoms with E-state index in [0.717, 1.165) is 0 Å². The van der Waals surface area contributed by atoms with Gasteiger partial charge in [-0.1, -0.05) is 0 Å². The summed E-state index contributed by atoms with van der Waals surface area (Å²) in [5, 5.41) is 4.87. The van der Waals surface area contributed by atoms with Crippen molar-refractivity contribution in [1.29, 1.82) is 0 Å². The molecule has 0 saturated carbocycles. The van der Waals surface area contributed by atoms with Gasteiger partial charge in [-0.15, -0.1) is 0 Å². The fourth-order valence-corrected chi connectivity index (χ4v) is 13.0. The molecule has 0 bridgehead atoms. The van der Waals surface area contributed by atoms with E-state index in [2.05, 4.69) is 116 Å². The maximum atomic E-state index is 7.83. The molecular formula is C26H21Cl2P2Pd. The summed E-state index contributed by atoms with van der Waals surface area (Å²) in [6, 6.07) is 42.2. The maximum absolute atomic E-state index is 7.83. The van der Waals surface area contributed by atoms with Crippen molar-refractivity contribution in [3.05, 3.63) is 121 Å². The number of alkyl halides is 2. The van der Waals surface area contributed by atoms with Crippen molar-refractivity contribution in [2.24, 2.45) is 0 Å². The van der Waals surface area contributed by atoms with Gasteiger partial charge >= 0.3 is 209 Å². The van der Waals surface area contributed by atoms with Crippen molar-refractivity contribution in [3.8, 4) is 0 Å². The second-order valence-electron chi connectivity index (χ2n) is 6.92. The van der Waals surface area contributed by atoms with E-state index in [1.54, 1.807) is 0 Å². The van der Waals surface area contributed by atoms with Gasteiger partial charge in [0.1, 0.15) is 0 Å². The van der Waals surface area contributed by atoms with Crippen LogP contribution in [0.5, 0.6) is 0 Å². The Hall–Kier alpha value is -1.02. The van der Waals surface area contributed by atoms with E-state index in [1.807, 2.05) is 24.3 Å². The molecule has 1 atom stereocenters. The molecule has 0 heterocycles. The second kappa shape index (κ2) is 10.7. The summed E-state index contributed by atoms with van der Waals surface area (Å²) in [6.07, 6.45) is 0. The Kier molecular flexibility index (Phi) is 8.02. The molecule has 0 spiro atoms. The van der Waals surface area contributed by atoms with Crippen LogP contribution in [0.25, 0.3) is 0 Å². The zero-order chi connectivity index (χ0) is 21.7. The van der Waals surface area contributed by atoms with Crippen molar-refractivity contribution < 1.29 is 19.2 Å². The quantitative estimate of drug-likeness (QED) is 0.139. The molecule has 0 aromatic heterocycles. The number of hydrogen-bond donors (Lipinski definition) is 0. The molecule has 0 N–H and O–H groups in total. The predicted octanol–water partition coefficient (Wildman–Crippen LogP) is 6.26. The van der Waals surface area contributed by atoms with E-state index >= 15 is 0 Å². The van der Waals surface area contributed by atoms with Crippen molar-refractivity contribution in [3.63, 3.8) is 0 Å². The van der Waals surface area contributed by atoms with Gasteiger partial charge in [-0.2, -0.15) is 0 Å². The van der Waals surface area contributed by atoms with Crippen LogP contribution in [0.3, 0.4) is 0 Å². The first-order valence-electron chi connectivity index (χ1n) is 9.86. The van der Waals surface area contributed by atoms with Gasteiger partial charge in [0.15, 0.2) is 0 Å². The molecule has 0 radical (unpaired) electrons.